The van der Waals surface area contributed by atoms with Gasteiger partial charge in [0, 0.05) is 9.72 Å². The monoisotopic (exact) mass is 538 g/mol. The third kappa shape index (κ3) is 5.45. The molecule has 33 heavy (non-hydrogen) atoms. The number of hydrogen-bond donors (Lipinski definition) is 1. The average Bonchev–Trinajstić information content (AvgIpc) is 3.19. The van der Waals surface area contributed by atoms with Gasteiger partial charge in [-0.1, -0.05) is 53.0 Å². The van der Waals surface area contributed by atoms with E-state index in [1.807, 2.05) is 0 Å². The third-order valence-corrected chi connectivity index (χ3v) is 8.18. The smallest absolute Gasteiger partial charge is 0.265 e. The first kappa shape index (κ1) is 23.9. The molecule has 0 aliphatic heterocycles. The van der Waals surface area contributed by atoms with Crippen LogP contribution < -0.4 is 9.62 Å². The number of hydrogen-bond acceptors (Lipinski definition) is 4. The minimum absolute atomic E-state index is 0.159. The molecule has 1 N–H and O–H groups in total. The Morgan fingerprint density at radius 1 is 1.00 bits per heavy atom. The van der Waals surface area contributed by atoms with Gasteiger partial charge in [-0.2, -0.15) is 0 Å². The number of sulfonamides is 1. The van der Waals surface area contributed by atoms with Crippen LogP contribution in [0.15, 0.2) is 66.7 Å². The number of nitrogens with zero attached hydrogens (tertiary/aromatic N) is 1. The second kappa shape index (κ2) is 9.52. The molecular weight excluding hydrogens is 523 g/mol. The highest BCUT2D eigenvalue weighted by molar-refractivity contribution is 7.92. The zero-order chi connectivity index (χ0) is 23.8. The lowest BCUT2D eigenvalue weighted by molar-refractivity contribution is 0.103. The number of fused-ring (bicyclic) bond motifs is 1. The lowest BCUT2D eigenvalue weighted by Gasteiger charge is -2.22. The molecule has 10 heteroatoms. The molecule has 170 valence electrons. The van der Waals surface area contributed by atoms with Gasteiger partial charge in [0.15, 0.2) is 0 Å². The molecule has 5 nitrogen and oxygen atoms in total. The van der Waals surface area contributed by atoms with Crippen molar-refractivity contribution in [2.75, 3.05) is 15.9 Å². The second-order valence-electron chi connectivity index (χ2n) is 7.28. The van der Waals surface area contributed by atoms with Gasteiger partial charge in [-0.3, -0.25) is 9.10 Å². The molecule has 1 aromatic heterocycles. The molecule has 1 amide bonds. The third-order valence-electron chi connectivity index (χ3n) is 4.85. The van der Waals surface area contributed by atoms with Crippen molar-refractivity contribution in [3.8, 4) is 0 Å². The Bertz CT molecular complexity index is 1450. The molecule has 0 bridgehead atoms. The first-order valence-electron chi connectivity index (χ1n) is 9.63. The van der Waals surface area contributed by atoms with E-state index in [0.29, 0.717) is 26.3 Å². The van der Waals surface area contributed by atoms with Crippen LogP contribution >= 0.6 is 46.1 Å². The predicted molar refractivity (Wildman–Crippen MR) is 139 cm³/mol. The lowest BCUT2D eigenvalue weighted by atomic mass is 10.2. The van der Waals surface area contributed by atoms with E-state index in [2.05, 4.69) is 5.32 Å². The highest BCUT2D eigenvalue weighted by atomic mass is 35.5. The number of benzene rings is 3. The zero-order valence-corrected chi connectivity index (χ0v) is 21.1. The number of halogens is 3. The molecule has 0 aliphatic carbocycles. The van der Waals surface area contributed by atoms with E-state index in [0.717, 1.165) is 21.9 Å². The van der Waals surface area contributed by atoms with Crippen LogP contribution in [0.3, 0.4) is 0 Å². The maximum absolute atomic E-state index is 12.8. The van der Waals surface area contributed by atoms with Gasteiger partial charge in [0.05, 0.1) is 39.1 Å². The van der Waals surface area contributed by atoms with Gasteiger partial charge in [0.1, 0.15) is 0 Å². The van der Waals surface area contributed by atoms with Crippen molar-refractivity contribution in [1.82, 2.24) is 0 Å². The van der Waals surface area contributed by atoms with Gasteiger partial charge in [-0.25, -0.2) is 8.42 Å². The van der Waals surface area contributed by atoms with Crippen LogP contribution in [0.2, 0.25) is 15.1 Å². The summed E-state index contributed by atoms with van der Waals surface area (Å²) in [6, 6.07) is 19.0. The van der Waals surface area contributed by atoms with E-state index in [1.54, 1.807) is 66.7 Å². The first-order chi connectivity index (χ1) is 15.6. The molecule has 3 aromatic carbocycles. The second-order valence-corrected chi connectivity index (χ2v) is 11.5. The molecule has 0 fully saturated rings. The Balaban J connectivity index is 1.63. The SMILES string of the molecule is CS(=O)(=O)N(Cc1ccc(Cl)cc1)c1ccc2sc(C(=O)Nc3cccc(Cl)c3Cl)cc2c1. The summed E-state index contributed by atoms with van der Waals surface area (Å²) in [4.78, 5) is 13.2. The van der Waals surface area contributed by atoms with Gasteiger partial charge in [-0.05, 0) is 59.5 Å². The highest BCUT2D eigenvalue weighted by Gasteiger charge is 2.20. The molecule has 0 saturated heterocycles. The number of anilines is 2. The molecule has 4 rings (SSSR count). The molecule has 0 spiro atoms. The quantitative estimate of drug-likeness (QED) is 0.285. The summed E-state index contributed by atoms with van der Waals surface area (Å²) in [5, 5.41) is 4.71. The summed E-state index contributed by atoms with van der Waals surface area (Å²) < 4.78 is 27.2. The summed E-state index contributed by atoms with van der Waals surface area (Å²) in [6.07, 6.45) is 1.16. The van der Waals surface area contributed by atoms with Crippen molar-refractivity contribution in [2.45, 2.75) is 6.54 Å². The van der Waals surface area contributed by atoms with Gasteiger partial charge in [0.2, 0.25) is 10.0 Å². The Labute approximate surface area is 210 Å². The number of amides is 1. The van der Waals surface area contributed by atoms with Crippen LogP contribution in [-0.4, -0.2) is 20.6 Å². The number of nitrogens with one attached hydrogen (secondary N) is 1. The topological polar surface area (TPSA) is 66.5 Å². The Kier molecular flexibility index (Phi) is 6.88. The summed E-state index contributed by atoms with van der Waals surface area (Å²) >= 11 is 19.4. The van der Waals surface area contributed by atoms with Crippen molar-refractivity contribution in [1.29, 1.82) is 0 Å². The van der Waals surface area contributed by atoms with Gasteiger partial charge < -0.3 is 5.32 Å². The molecule has 0 aliphatic rings. The Morgan fingerprint density at radius 3 is 2.42 bits per heavy atom. The fourth-order valence-corrected chi connectivity index (χ4v) is 5.53. The molecule has 1 heterocycles. The lowest BCUT2D eigenvalue weighted by Crippen LogP contribution is -2.29. The fourth-order valence-electron chi connectivity index (χ4n) is 3.24. The van der Waals surface area contributed by atoms with Crippen molar-refractivity contribution >= 4 is 83.5 Å². The standard InChI is InChI=1S/C23H17Cl3N2O3S2/c1-33(30,31)28(13-14-5-7-16(24)8-6-14)17-9-10-20-15(11-17)12-21(32-20)23(29)27-19-4-2-3-18(25)22(19)26/h2-12H,13H2,1H3,(H,27,29). The summed E-state index contributed by atoms with van der Waals surface area (Å²) in [7, 11) is -3.56. The molecule has 0 atom stereocenters. The minimum Gasteiger partial charge on any atom is -0.320 e. The van der Waals surface area contributed by atoms with Gasteiger partial charge >= 0.3 is 0 Å². The molecule has 0 radical (unpaired) electrons. The maximum atomic E-state index is 12.8. The van der Waals surface area contributed by atoms with Crippen LogP contribution in [0.5, 0.6) is 0 Å². The van der Waals surface area contributed by atoms with E-state index in [4.69, 9.17) is 34.8 Å². The molecule has 0 unspecified atom stereocenters. The van der Waals surface area contributed by atoms with Crippen molar-refractivity contribution < 1.29 is 13.2 Å². The van der Waals surface area contributed by atoms with Crippen LogP contribution in [-0.2, 0) is 16.6 Å². The fraction of sp³-hybridized carbons (Fsp3) is 0.0870. The predicted octanol–water partition coefficient (Wildman–Crippen LogP) is 7.08. The van der Waals surface area contributed by atoms with Crippen LogP contribution in [0.25, 0.3) is 10.1 Å². The average molecular weight is 540 g/mol. The summed E-state index contributed by atoms with van der Waals surface area (Å²) in [6.45, 7) is 0.159. The number of carbonyl (C=O) groups is 1. The Hall–Kier alpha value is -2.29. The number of rotatable bonds is 6. The van der Waals surface area contributed by atoms with Crippen molar-refractivity contribution in [3.05, 3.63) is 92.2 Å². The Morgan fingerprint density at radius 2 is 1.73 bits per heavy atom. The van der Waals surface area contributed by atoms with E-state index in [-0.39, 0.29) is 17.5 Å². The van der Waals surface area contributed by atoms with E-state index in [9.17, 15) is 13.2 Å². The van der Waals surface area contributed by atoms with E-state index >= 15 is 0 Å². The number of thiophene rings is 1. The maximum Gasteiger partial charge on any atom is 0.265 e. The van der Waals surface area contributed by atoms with Gasteiger partial charge in [0.25, 0.3) is 5.91 Å². The van der Waals surface area contributed by atoms with Crippen molar-refractivity contribution in [3.63, 3.8) is 0 Å². The highest BCUT2D eigenvalue weighted by Crippen LogP contribution is 2.33. The molecular formula is C23H17Cl3N2O3S2. The molecule has 4 aromatic rings. The van der Waals surface area contributed by atoms with Crippen LogP contribution in [0, 0.1) is 0 Å². The molecule has 0 saturated carbocycles. The summed E-state index contributed by atoms with van der Waals surface area (Å²) in [5.74, 6) is -0.331. The van der Waals surface area contributed by atoms with Crippen LogP contribution in [0.1, 0.15) is 15.2 Å². The largest absolute Gasteiger partial charge is 0.320 e. The minimum atomic E-state index is -3.56. The first-order valence-corrected chi connectivity index (χ1v) is 13.4. The zero-order valence-electron chi connectivity index (χ0n) is 17.2. The normalized spacial score (nSPS) is 11.5. The van der Waals surface area contributed by atoms with E-state index < -0.39 is 10.0 Å². The summed E-state index contributed by atoms with van der Waals surface area (Å²) in [5.41, 5.74) is 1.72. The van der Waals surface area contributed by atoms with Crippen molar-refractivity contribution in [2.24, 2.45) is 0 Å². The van der Waals surface area contributed by atoms with Crippen LogP contribution in [0.4, 0.5) is 11.4 Å². The van der Waals surface area contributed by atoms with Gasteiger partial charge in [-0.15, -0.1) is 11.3 Å². The van der Waals surface area contributed by atoms with E-state index in [1.165, 1.54) is 15.6 Å². The number of carbonyl (C=O) groups excluding carboxylic acids is 1.